The molecule has 2 aromatic rings. The van der Waals surface area contributed by atoms with Crippen LogP contribution in [0.15, 0.2) is 48.0 Å². The second-order valence-corrected chi connectivity index (χ2v) is 23.7. The first-order chi connectivity index (χ1) is 36.0. The van der Waals surface area contributed by atoms with Crippen LogP contribution in [0.3, 0.4) is 0 Å². The van der Waals surface area contributed by atoms with Crippen molar-refractivity contribution in [2.45, 2.75) is 356 Å². The average Bonchev–Trinajstić information content (AvgIpc) is 3.73. The molecule has 0 aliphatic carbocycles. The standard InChI is InChI=1S/C71H122N2/c1-6-11-16-18-20-22-24-26-28-30-32-34-36-38-40-42-44-49-53-64-56-63(51-46-13-8-3)58-68(59-64)70-62-67(55-48-15-10-5)71(73(70)72)69-60-65(52-47-14-9-4)57-66(61-69)54-50-45-43-41-39-37-35-33-31-29-27-25-23-21-19-17-12-7-2/h56-62H,6-55H2,1-5H3. The van der Waals surface area contributed by atoms with E-state index in [1.54, 1.807) is 4.70 Å². The molecule has 1 heterocycles. The smallest absolute Gasteiger partial charge is 0.210 e. The number of rotatable bonds is 52. The minimum Gasteiger partial charge on any atom is -0.493 e. The van der Waals surface area contributed by atoms with Crippen molar-refractivity contribution in [2.24, 2.45) is 0 Å². The van der Waals surface area contributed by atoms with Crippen LogP contribution in [0.25, 0.3) is 16.9 Å². The molecule has 3 rings (SSSR count). The summed E-state index contributed by atoms with van der Waals surface area (Å²) < 4.78 is 1.62. The van der Waals surface area contributed by atoms with Crippen LogP contribution in [0.5, 0.6) is 0 Å². The Kier molecular flexibility index (Phi) is 40.6. The monoisotopic (exact) mass is 1000 g/mol. The molecule has 0 unspecified atom stereocenters. The van der Waals surface area contributed by atoms with Crippen molar-refractivity contribution >= 4 is 11.4 Å². The molecule has 0 N–H and O–H groups in total. The lowest BCUT2D eigenvalue weighted by Gasteiger charge is -2.15. The Balaban J connectivity index is 1.54. The van der Waals surface area contributed by atoms with Crippen molar-refractivity contribution in [1.29, 1.82) is 0 Å². The van der Waals surface area contributed by atoms with Gasteiger partial charge in [0.05, 0.1) is 0 Å². The Bertz CT molecular complexity index is 1690. The third kappa shape index (κ3) is 31.4. The van der Waals surface area contributed by atoms with Gasteiger partial charge in [-0.15, -0.1) is 0 Å². The molecule has 0 aromatic heterocycles. The molecule has 0 radical (unpaired) electrons. The molecule has 0 bridgehead atoms. The van der Waals surface area contributed by atoms with E-state index in [4.69, 9.17) is 0 Å². The van der Waals surface area contributed by atoms with E-state index in [1.165, 1.54) is 321 Å². The maximum Gasteiger partial charge on any atom is 0.210 e. The first-order valence-corrected chi connectivity index (χ1v) is 33.2. The van der Waals surface area contributed by atoms with Crippen LogP contribution in [-0.2, 0) is 25.7 Å². The second-order valence-electron chi connectivity index (χ2n) is 23.7. The van der Waals surface area contributed by atoms with Crippen molar-refractivity contribution in [3.05, 3.63) is 87.0 Å². The summed E-state index contributed by atoms with van der Waals surface area (Å²) in [4.78, 5) is 0. The normalized spacial score (nSPS) is 12.8. The molecule has 1 aliphatic heterocycles. The van der Waals surface area contributed by atoms with Crippen molar-refractivity contribution in [1.82, 2.24) is 0 Å². The third-order valence-electron chi connectivity index (χ3n) is 16.6. The van der Waals surface area contributed by atoms with E-state index in [0.29, 0.717) is 0 Å². The molecule has 0 fully saturated rings. The van der Waals surface area contributed by atoms with E-state index in [9.17, 15) is 5.53 Å². The van der Waals surface area contributed by atoms with Crippen LogP contribution < -0.4 is 0 Å². The highest BCUT2D eigenvalue weighted by atomic mass is 15.2. The largest absolute Gasteiger partial charge is 0.493 e. The number of allylic oxidation sites excluding steroid dienone is 2. The fourth-order valence-electron chi connectivity index (χ4n) is 11.8. The molecular formula is C71H122N2. The Morgan fingerprint density at radius 1 is 0.260 bits per heavy atom. The predicted molar refractivity (Wildman–Crippen MR) is 327 cm³/mol. The molecule has 416 valence electrons. The van der Waals surface area contributed by atoms with Gasteiger partial charge < -0.3 is 5.53 Å². The minimum absolute atomic E-state index is 0.985. The molecule has 2 nitrogen and oxygen atoms in total. The zero-order valence-electron chi connectivity index (χ0n) is 49.8. The van der Waals surface area contributed by atoms with Crippen molar-refractivity contribution < 1.29 is 4.70 Å². The van der Waals surface area contributed by atoms with Crippen LogP contribution in [0.2, 0.25) is 0 Å². The second kappa shape index (κ2) is 45.7. The van der Waals surface area contributed by atoms with E-state index in [-0.39, 0.29) is 0 Å². The molecule has 0 saturated carbocycles. The van der Waals surface area contributed by atoms with E-state index >= 15 is 0 Å². The first-order valence-electron chi connectivity index (χ1n) is 33.2. The number of benzene rings is 2. The number of hydrogen-bond acceptors (Lipinski definition) is 0. The van der Waals surface area contributed by atoms with Crippen molar-refractivity contribution in [3.63, 3.8) is 0 Å². The molecule has 2 heteroatoms. The van der Waals surface area contributed by atoms with Crippen LogP contribution in [0, 0.1) is 0 Å². The Labute approximate surface area is 456 Å². The number of aryl methyl sites for hydroxylation is 4. The summed E-state index contributed by atoms with van der Waals surface area (Å²) in [6.45, 7) is 11.6. The summed E-state index contributed by atoms with van der Waals surface area (Å²) >= 11 is 0. The number of hydrogen-bond donors (Lipinski definition) is 0. The van der Waals surface area contributed by atoms with Gasteiger partial charge in [-0.05, 0) is 111 Å². The van der Waals surface area contributed by atoms with E-state index in [0.717, 1.165) is 49.9 Å². The molecule has 73 heavy (non-hydrogen) atoms. The van der Waals surface area contributed by atoms with Crippen molar-refractivity contribution in [2.75, 3.05) is 0 Å². The van der Waals surface area contributed by atoms with Gasteiger partial charge in [0.1, 0.15) is 0 Å². The summed E-state index contributed by atoms with van der Waals surface area (Å²) in [7, 11) is 0. The minimum atomic E-state index is 0.985. The quantitative estimate of drug-likeness (QED) is 0.0466. The summed E-state index contributed by atoms with van der Waals surface area (Å²) in [5.74, 6) is 0. The van der Waals surface area contributed by atoms with Crippen LogP contribution >= 0.6 is 0 Å². The Morgan fingerprint density at radius 2 is 0.479 bits per heavy atom. The van der Waals surface area contributed by atoms with E-state index < -0.39 is 0 Å². The summed E-state index contributed by atoms with van der Waals surface area (Å²) in [6, 6.07) is 14.8. The predicted octanol–water partition coefficient (Wildman–Crippen LogP) is 24.7. The number of nitrogens with zero attached hydrogens (tertiary/aromatic N) is 2. The third-order valence-corrected chi connectivity index (χ3v) is 16.6. The molecule has 0 amide bonds. The summed E-state index contributed by atoms with van der Waals surface area (Å²) in [6.07, 6.45) is 70.0. The molecular weight excluding hydrogens is 881 g/mol. The van der Waals surface area contributed by atoms with Gasteiger partial charge in [-0.2, -0.15) is 0 Å². The van der Waals surface area contributed by atoms with Gasteiger partial charge in [0.15, 0.2) is 0 Å². The highest BCUT2D eigenvalue weighted by molar-refractivity contribution is 5.79. The molecule has 0 spiro atoms. The zero-order valence-corrected chi connectivity index (χ0v) is 49.8. The maximum atomic E-state index is 12.5. The fraction of sp³-hybridized carbons (Fsp3) is 0.775. The lowest BCUT2D eigenvalue weighted by atomic mass is 9.94. The highest BCUT2D eigenvalue weighted by Crippen LogP contribution is 2.39. The first kappa shape index (κ1) is 64.8. The molecule has 0 saturated heterocycles. The van der Waals surface area contributed by atoms with Gasteiger partial charge in [0.2, 0.25) is 11.4 Å². The Hall–Kier alpha value is -2.48. The molecule has 1 aliphatic rings. The van der Waals surface area contributed by atoms with Crippen LogP contribution in [0.1, 0.15) is 363 Å². The van der Waals surface area contributed by atoms with E-state index in [1.807, 2.05) is 0 Å². The topological polar surface area (TPSA) is 25.3 Å². The molecule has 2 aromatic carbocycles. The lowest BCUT2D eigenvalue weighted by Crippen LogP contribution is -2.05. The van der Waals surface area contributed by atoms with Crippen LogP contribution in [0.4, 0.5) is 0 Å². The average molecular weight is 1000 g/mol. The Morgan fingerprint density at radius 3 is 0.767 bits per heavy atom. The van der Waals surface area contributed by atoms with Gasteiger partial charge in [-0.3, -0.25) is 0 Å². The summed E-state index contributed by atoms with van der Waals surface area (Å²) in [5.41, 5.74) is 24.1. The lowest BCUT2D eigenvalue weighted by molar-refractivity contribution is -0.344. The van der Waals surface area contributed by atoms with Crippen molar-refractivity contribution in [3.8, 4) is 0 Å². The SMILES string of the molecule is CCCCCCCCCCCCCCCCCCCCc1cc(CCCCC)cc(C2=CC(CCCCC)=C(c3cc(CCCCC)cc(CCCCCCCCCCCCCCCCCCCC)c3)[N+]2=[N-])c1. The van der Waals surface area contributed by atoms with E-state index in [2.05, 4.69) is 77.1 Å². The fourth-order valence-corrected chi connectivity index (χ4v) is 11.8. The highest BCUT2D eigenvalue weighted by Gasteiger charge is 2.30. The maximum absolute atomic E-state index is 12.5. The van der Waals surface area contributed by atoms with Crippen LogP contribution in [-0.4, -0.2) is 4.70 Å². The van der Waals surface area contributed by atoms with Gasteiger partial charge in [0.25, 0.3) is 0 Å². The van der Waals surface area contributed by atoms with Gasteiger partial charge >= 0.3 is 0 Å². The van der Waals surface area contributed by atoms with Gasteiger partial charge in [-0.1, -0.05) is 304 Å². The summed E-state index contributed by atoms with van der Waals surface area (Å²) in [5, 5.41) is 0. The van der Waals surface area contributed by atoms with Gasteiger partial charge in [0, 0.05) is 22.8 Å². The number of unbranched alkanes of at least 4 members (excludes halogenated alkanes) is 40. The zero-order chi connectivity index (χ0) is 52.1. The molecule has 0 atom stereocenters. The van der Waals surface area contributed by atoms with Gasteiger partial charge in [-0.25, -0.2) is 4.70 Å².